The van der Waals surface area contributed by atoms with Gasteiger partial charge < -0.3 is 10.1 Å². The maximum Gasteiger partial charge on any atom is 0.267 e. The molecule has 2 amide bonds. The third kappa shape index (κ3) is 4.40. The van der Waals surface area contributed by atoms with Crippen LogP contribution in [0.5, 0.6) is 0 Å². The van der Waals surface area contributed by atoms with Gasteiger partial charge in [-0.15, -0.1) is 11.8 Å². The predicted octanol–water partition coefficient (Wildman–Crippen LogP) is 4.01. The number of benzene rings is 1. The fourth-order valence-corrected chi connectivity index (χ4v) is 3.27. The Hall–Kier alpha value is -2.16. The molecule has 1 aliphatic heterocycles. The fourth-order valence-electron chi connectivity index (χ4n) is 2.36. The standard InChI is InChI=1S/C18H21F3N2O3S/c1-9(2)27-15-10(3)26-8-23(16(15)24)18(4,5)17(25)22-14-7-12(20)11(19)6-13(14)21/h6-7,9H,8H2,1-5H3,(H,22,25). The van der Waals surface area contributed by atoms with E-state index in [1.165, 1.54) is 30.5 Å². The fraction of sp³-hybridized carbons (Fsp3) is 0.444. The summed E-state index contributed by atoms with van der Waals surface area (Å²) in [6.45, 7) is 8.26. The Labute approximate surface area is 159 Å². The molecule has 0 fully saturated rings. The minimum atomic E-state index is -1.43. The smallest absolute Gasteiger partial charge is 0.267 e. The first-order valence-corrected chi connectivity index (χ1v) is 9.11. The van der Waals surface area contributed by atoms with Gasteiger partial charge in [0.1, 0.15) is 22.0 Å². The predicted molar refractivity (Wildman–Crippen MR) is 97.2 cm³/mol. The number of rotatable bonds is 5. The number of hydrogen-bond acceptors (Lipinski definition) is 4. The quantitative estimate of drug-likeness (QED) is 0.756. The zero-order chi connectivity index (χ0) is 20.5. The molecule has 0 bridgehead atoms. The summed E-state index contributed by atoms with van der Waals surface area (Å²) in [5, 5.41) is 2.33. The van der Waals surface area contributed by atoms with Crippen molar-refractivity contribution in [1.82, 2.24) is 4.90 Å². The van der Waals surface area contributed by atoms with Crippen molar-refractivity contribution < 1.29 is 27.5 Å². The lowest BCUT2D eigenvalue weighted by molar-refractivity contribution is -0.148. The normalized spacial score (nSPS) is 15.3. The van der Waals surface area contributed by atoms with E-state index in [4.69, 9.17) is 4.74 Å². The van der Waals surface area contributed by atoms with Crippen LogP contribution >= 0.6 is 11.8 Å². The molecule has 1 N–H and O–H groups in total. The van der Waals surface area contributed by atoms with Crippen LogP contribution in [0.3, 0.4) is 0 Å². The highest BCUT2D eigenvalue weighted by Crippen LogP contribution is 2.33. The molecular formula is C18H21F3N2O3S. The van der Waals surface area contributed by atoms with Crippen molar-refractivity contribution in [1.29, 1.82) is 0 Å². The second kappa shape index (κ2) is 7.84. The van der Waals surface area contributed by atoms with Gasteiger partial charge in [0.2, 0.25) is 5.91 Å². The van der Waals surface area contributed by atoms with Gasteiger partial charge in [0, 0.05) is 17.4 Å². The van der Waals surface area contributed by atoms with Gasteiger partial charge in [-0.05, 0) is 20.8 Å². The highest BCUT2D eigenvalue weighted by molar-refractivity contribution is 8.04. The Kier molecular flexibility index (Phi) is 6.14. The van der Waals surface area contributed by atoms with E-state index in [9.17, 15) is 22.8 Å². The lowest BCUT2D eigenvalue weighted by Gasteiger charge is -2.40. The van der Waals surface area contributed by atoms with Crippen molar-refractivity contribution in [3.05, 3.63) is 40.2 Å². The van der Waals surface area contributed by atoms with E-state index in [1.54, 1.807) is 6.92 Å². The molecule has 0 unspecified atom stereocenters. The Morgan fingerprint density at radius 1 is 1.22 bits per heavy atom. The van der Waals surface area contributed by atoms with Crippen molar-refractivity contribution >= 4 is 29.3 Å². The van der Waals surface area contributed by atoms with Gasteiger partial charge in [-0.3, -0.25) is 14.5 Å². The number of halogens is 3. The number of carbonyl (C=O) groups is 2. The van der Waals surface area contributed by atoms with Gasteiger partial charge in [-0.1, -0.05) is 13.8 Å². The molecule has 0 saturated carbocycles. The molecule has 0 aromatic heterocycles. The lowest BCUT2D eigenvalue weighted by Crippen LogP contribution is -2.57. The van der Waals surface area contributed by atoms with Crippen LogP contribution in [-0.4, -0.2) is 34.2 Å². The highest BCUT2D eigenvalue weighted by atomic mass is 32.2. The van der Waals surface area contributed by atoms with Gasteiger partial charge in [0.05, 0.1) is 5.69 Å². The van der Waals surface area contributed by atoms with Crippen LogP contribution in [-0.2, 0) is 14.3 Å². The average molecular weight is 402 g/mol. The highest BCUT2D eigenvalue weighted by Gasteiger charge is 2.42. The van der Waals surface area contributed by atoms with E-state index in [1.807, 2.05) is 13.8 Å². The number of carbonyl (C=O) groups excluding carboxylic acids is 2. The summed E-state index contributed by atoms with van der Waals surface area (Å²) in [6, 6.07) is 0.897. The summed E-state index contributed by atoms with van der Waals surface area (Å²) in [5.41, 5.74) is -1.95. The number of nitrogens with zero attached hydrogens (tertiary/aromatic N) is 1. The monoisotopic (exact) mass is 402 g/mol. The number of thioether (sulfide) groups is 1. The minimum absolute atomic E-state index is 0.121. The van der Waals surface area contributed by atoms with E-state index < -0.39 is 34.6 Å². The van der Waals surface area contributed by atoms with E-state index in [-0.39, 0.29) is 17.9 Å². The van der Waals surface area contributed by atoms with Crippen molar-refractivity contribution in [2.75, 3.05) is 12.0 Å². The molecule has 1 heterocycles. The van der Waals surface area contributed by atoms with E-state index in [2.05, 4.69) is 5.32 Å². The molecule has 2 rings (SSSR count). The molecule has 0 saturated heterocycles. The summed E-state index contributed by atoms with van der Waals surface area (Å²) < 4.78 is 45.7. The van der Waals surface area contributed by atoms with E-state index >= 15 is 0 Å². The first-order chi connectivity index (χ1) is 12.4. The van der Waals surface area contributed by atoms with Crippen molar-refractivity contribution in [3.8, 4) is 0 Å². The SMILES string of the molecule is CC1=C(SC(C)C)C(=O)N(C(C)(C)C(=O)Nc2cc(F)c(F)cc2F)CO1. The molecule has 0 radical (unpaired) electrons. The third-order valence-electron chi connectivity index (χ3n) is 4.01. The molecule has 27 heavy (non-hydrogen) atoms. The van der Waals surface area contributed by atoms with Crippen molar-refractivity contribution in [2.24, 2.45) is 0 Å². The van der Waals surface area contributed by atoms with Crippen molar-refractivity contribution in [2.45, 2.75) is 45.4 Å². The summed E-state index contributed by atoms with van der Waals surface area (Å²) in [5.74, 6) is -4.46. The van der Waals surface area contributed by atoms with Crippen LogP contribution in [0, 0.1) is 17.5 Å². The van der Waals surface area contributed by atoms with Gasteiger partial charge in [0.15, 0.2) is 18.4 Å². The van der Waals surface area contributed by atoms with Crippen molar-refractivity contribution in [3.63, 3.8) is 0 Å². The molecule has 0 aliphatic carbocycles. The second-order valence-corrected chi connectivity index (χ2v) is 8.40. The Balaban J connectivity index is 2.26. The number of ether oxygens (including phenoxy) is 1. The summed E-state index contributed by atoms with van der Waals surface area (Å²) in [6.07, 6.45) is 0. The molecule has 0 spiro atoms. The Morgan fingerprint density at radius 2 is 1.81 bits per heavy atom. The maximum absolute atomic E-state index is 13.8. The van der Waals surface area contributed by atoms with Crippen LogP contribution in [0.2, 0.25) is 0 Å². The largest absolute Gasteiger partial charge is 0.476 e. The summed E-state index contributed by atoms with van der Waals surface area (Å²) >= 11 is 1.31. The zero-order valence-electron chi connectivity index (χ0n) is 15.7. The van der Waals surface area contributed by atoms with Gasteiger partial charge in [0.25, 0.3) is 5.91 Å². The van der Waals surface area contributed by atoms with E-state index in [0.29, 0.717) is 22.8 Å². The molecule has 1 aromatic carbocycles. The molecule has 148 valence electrons. The third-order valence-corrected chi connectivity index (χ3v) is 5.18. The van der Waals surface area contributed by atoms with Crippen LogP contribution in [0.25, 0.3) is 0 Å². The molecule has 0 atom stereocenters. The van der Waals surface area contributed by atoms with Gasteiger partial charge in [-0.25, -0.2) is 13.2 Å². The van der Waals surface area contributed by atoms with Crippen LogP contribution in [0.4, 0.5) is 18.9 Å². The topological polar surface area (TPSA) is 58.6 Å². The Bertz CT molecular complexity index is 809. The number of hydrogen-bond donors (Lipinski definition) is 1. The van der Waals surface area contributed by atoms with E-state index in [0.717, 1.165) is 0 Å². The minimum Gasteiger partial charge on any atom is -0.476 e. The maximum atomic E-state index is 13.8. The average Bonchev–Trinajstić information content (AvgIpc) is 2.55. The summed E-state index contributed by atoms with van der Waals surface area (Å²) in [4.78, 5) is 27.1. The first kappa shape index (κ1) is 21.1. The number of amides is 2. The van der Waals surface area contributed by atoms with Crippen LogP contribution in [0.1, 0.15) is 34.6 Å². The summed E-state index contributed by atoms with van der Waals surface area (Å²) in [7, 11) is 0. The zero-order valence-corrected chi connectivity index (χ0v) is 16.5. The molecular weight excluding hydrogens is 381 g/mol. The molecule has 9 heteroatoms. The van der Waals surface area contributed by atoms with Gasteiger partial charge in [-0.2, -0.15) is 0 Å². The Morgan fingerprint density at radius 3 is 2.41 bits per heavy atom. The lowest BCUT2D eigenvalue weighted by atomic mass is 10.0. The molecule has 1 aliphatic rings. The number of allylic oxidation sites excluding steroid dienone is 1. The first-order valence-electron chi connectivity index (χ1n) is 8.23. The number of nitrogens with one attached hydrogen (secondary N) is 1. The van der Waals surface area contributed by atoms with Gasteiger partial charge >= 0.3 is 0 Å². The number of anilines is 1. The molecule has 1 aromatic rings. The van der Waals surface area contributed by atoms with Crippen LogP contribution in [0.15, 0.2) is 22.8 Å². The molecule has 5 nitrogen and oxygen atoms in total. The van der Waals surface area contributed by atoms with Crippen LogP contribution < -0.4 is 5.32 Å². The second-order valence-electron chi connectivity index (χ2n) is 6.82.